The van der Waals surface area contributed by atoms with Crippen molar-refractivity contribution >= 4 is 15.9 Å². The van der Waals surface area contributed by atoms with Crippen molar-refractivity contribution in [3.8, 4) is 0 Å². The van der Waals surface area contributed by atoms with Gasteiger partial charge in [0, 0.05) is 18.4 Å². The third kappa shape index (κ3) is 3.62. The minimum atomic E-state index is -0.250. The van der Waals surface area contributed by atoms with Crippen molar-refractivity contribution in [3.05, 3.63) is 64.1 Å². The van der Waals surface area contributed by atoms with E-state index in [0.29, 0.717) is 10.9 Å². The van der Waals surface area contributed by atoms with Crippen molar-refractivity contribution in [2.75, 3.05) is 0 Å². The molecule has 1 atom stereocenters. The van der Waals surface area contributed by atoms with Gasteiger partial charge in [0.25, 0.3) is 0 Å². The number of hydrogen-bond donors (Lipinski definition) is 1. The Morgan fingerprint density at radius 1 is 1.22 bits per heavy atom. The molecule has 0 radical (unpaired) electrons. The molecule has 2 aromatic rings. The van der Waals surface area contributed by atoms with E-state index in [0.717, 1.165) is 17.5 Å². The molecule has 0 spiro atoms. The quantitative estimate of drug-likeness (QED) is 0.942. The minimum Gasteiger partial charge on any atom is -0.327 e. The van der Waals surface area contributed by atoms with Crippen LogP contribution in [-0.4, -0.2) is 11.0 Å². The molecule has 0 aliphatic carbocycles. The van der Waals surface area contributed by atoms with E-state index in [1.165, 1.54) is 6.07 Å². The minimum absolute atomic E-state index is 0.00608. The first kappa shape index (κ1) is 13.2. The van der Waals surface area contributed by atoms with Crippen LogP contribution in [0.5, 0.6) is 0 Å². The molecule has 0 aliphatic heterocycles. The largest absolute Gasteiger partial charge is 0.327 e. The maximum absolute atomic E-state index is 13.1. The van der Waals surface area contributed by atoms with Crippen molar-refractivity contribution in [2.24, 2.45) is 5.73 Å². The Morgan fingerprint density at radius 3 is 2.67 bits per heavy atom. The van der Waals surface area contributed by atoms with Crippen molar-refractivity contribution < 1.29 is 4.39 Å². The van der Waals surface area contributed by atoms with Crippen molar-refractivity contribution in [1.29, 1.82) is 0 Å². The third-order valence-electron chi connectivity index (χ3n) is 2.70. The highest BCUT2D eigenvalue weighted by atomic mass is 79.9. The number of benzene rings is 1. The van der Waals surface area contributed by atoms with Crippen LogP contribution in [0.3, 0.4) is 0 Å². The van der Waals surface area contributed by atoms with Gasteiger partial charge < -0.3 is 5.73 Å². The van der Waals surface area contributed by atoms with Gasteiger partial charge in [-0.25, -0.2) is 4.39 Å². The molecule has 0 saturated heterocycles. The van der Waals surface area contributed by atoms with Crippen LogP contribution in [0.4, 0.5) is 4.39 Å². The Labute approximate surface area is 114 Å². The third-order valence-corrected chi connectivity index (χ3v) is 3.31. The number of nitrogens with two attached hydrogens (primary N) is 1. The van der Waals surface area contributed by atoms with Gasteiger partial charge in [0.2, 0.25) is 0 Å². The predicted octanol–water partition coefficient (Wildman–Crippen LogP) is 3.10. The first-order valence-corrected chi connectivity index (χ1v) is 6.53. The summed E-state index contributed by atoms with van der Waals surface area (Å²) in [6.07, 6.45) is 5.04. The number of pyridine rings is 1. The van der Waals surface area contributed by atoms with Crippen LogP contribution in [0.25, 0.3) is 0 Å². The predicted molar refractivity (Wildman–Crippen MR) is 73.7 cm³/mol. The monoisotopic (exact) mass is 308 g/mol. The first-order chi connectivity index (χ1) is 8.65. The van der Waals surface area contributed by atoms with Crippen LogP contribution in [0, 0.1) is 5.82 Å². The topological polar surface area (TPSA) is 38.9 Å². The summed E-state index contributed by atoms with van der Waals surface area (Å²) in [5, 5.41) is 0. The van der Waals surface area contributed by atoms with E-state index in [-0.39, 0.29) is 11.9 Å². The van der Waals surface area contributed by atoms with Crippen LogP contribution in [0.15, 0.2) is 47.2 Å². The van der Waals surface area contributed by atoms with Gasteiger partial charge in [0.15, 0.2) is 0 Å². The van der Waals surface area contributed by atoms with E-state index >= 15 is 0 Å². The second-order valence-electron chi connectivity index (χ2n) is 4.28. The Kier molecular flexibility index (Phi) is 4.44. The fraction of sp³-hybridized carbons (Fsp3) is 0.214. The summed E-state index contributed by atoms with van der Waals surface area (Å²) in [6, 6.07) is 8.91. The molecule has 1 aromatic heterocycles. The number of rotatable bonds is 4. The molecule has 18 heavy (non-hydrogen) atoms. The van der Waals surface area contributed by atoms with Crippen molar-refractivity contribution in [1.82, 2.24) is 4.98 Å². The van der Waals surface area contributed by atoms with Gasteiger partial charge in [-0.1, -0.05) is 12.1 Å². The van der Waals surface area contributed by atoms with Gasteiger partial charge in [-0.15, -0.1) is 0 Å². The normalized spacial score (nSPS) is 12.4. The summed E-state index contributed by atoms with van der Waals surface area (Å²) in [5.74, 6) is -0.250. The average Bonchev–Trinajstić information content (AvgIpc) is 2.35. The molecule has 2 nitrogen and oxygen atoms in total. The van der Waals surface area contributed by atoms with E-state index in [9.17, 15) is 4.39 Å². The molecule has 0 aliphatic rings. The van der Waals surface area contributed by atoms with E-state index in [4.69, 9.17) is 5.73 Å². The molecule has 4 heteroatoms. The van der Waals surface area contributed by atoms with Gasteiger partial charge in [-0.3, -0.25) is 4.98 Å². The second kappa shape index (κ2) is 6.07. The summed E-state index contributed by atoms with van der Waals surface area (Å²) in [5.41, 5.74) is 8.23. The highest BCUT2D eigenvalue weighted by Gasteiger charge is 2.07. The lowest BCUT2D eigenvalue weighted by atomic mass is 10.0. The fourth-order valence-corrected chi connectivity index (χ4v) is 2.29. The Morgan fingerprint density at radius 2 is 2.00 bits per heavy atom. The molecule has 1 unspecified atom stereocenters. The standard InChI is InChI=1S/C14H14BrFN2/c15-13-8-10(3-4-14(13)16)6-12(17)7-11-2-1-5-18-9-11/h1-5,8-9,12H,6-7,17H2. The molecule has 1 heterocycles. The van der Waals surface area contributed by atoms with E-state index in [2.05, 4.69) is 20.9 Å². The molecule has 0 amide bonds. The van der Waals surface area contributed by atoms with Crippen LogP contribution >= 0.6 is 15.9 Å². The zero-order valence-electron chi connectivity index (χ0n) is 9.81. The second-order valence-corrected chi connectivity index (χ2v) is 5.13. The summed E-state index contributed by atoms with van der Waals surface area (Å²) >= 11 is 3.18. The highest BCUT2D eigenvalue weighted by Crippen LogP contribution is 2.18. The lowest BCUT2D eigenvalue weighted by Gasteiger charge is -2.12. The smallest absolute Gasteiger partial charge is 0.137 e. The molecular formula is C14H14BrFN2. The summed E-state index contributed by atoms with van der Waals surface area (Å²) in [4.78, 5) is 4.06. The fourth-order valence-electron chi connectivity index (χ4n) is 1.86. The molecule has 0 fully saturated rings. The SMILES string of the molecule is NC(Cc1cccnc1)Cc1ccc(F)c(Br)c1. The Bertz CT molecular complexity index is 516. The van der Waals surface area contributed by atoms with E-state index in [1.54, 1.807) is 18.3 Å². The van der Waals surface area contributed by atoms with Gasteiger partial charge >= 0.3 is 0 Å². The number of nitrogens with zero attached hydrogens (tertiary/aromatic N) is 1. The number of halogens is 2. The van der Waals surface area contributed by atoms with Crippen LogP contribution in [0.2, 0.25) is 0 Å². The maximum atomic E-state index is 13.1. The molecule has 2 N–H and O–H groups in total. The summed E-state index contributed by atoms with van der Waals surface area (Å²) in [7, 11) is 0. The van der Waals surface area contributed by atoms with E-state index in [1.807, 2.05) is 18.3 Å². The van der Waals surface area contributed by atoms with Crippen LogP contribution < -0.4 is 5.73 Å². The van der Waals surface area contributed by atoms with Crippen LogP contribution in [-0.2, 0) is 12.8 Å². The summed E-state index contributed by atoms with van der Waals surface area (Å²) in [6.45, 7) is 0. The van der Waals surface area contributed by atoms with Crippen molar-refractivity contribution in [3.63, 3.8) is 0 Å². The maximum Gasteiger partial charge on any atom is 0.137 e. The number of aromatic nitrogens is 1. The highest BCUT2D eigenvalue weighted by molar-refractivity contribution is 9.10. The van der Waals surface area contributed by atoms with Gasteiger partial charge in [0.05, 0.1) is 4.47 Å². The molecule has 94 valence electrons. The molecular weight excluding hydrogens is 295 g/mol. The van der Waals surface area contributed by atoms with E-state index < -0.39 is 0 Å². The molecule has 1 aromatic carbocycles. The molecule has 0 bridgehead atoms. The van der Waals surface area contributed by atoms with Gasteiger partial charge in [-0.2, -0.15) is 0 Å². The van der Waals surface area contributed by atoms with Gasteiger partial charge in [-0.05, 0) is 58.1 Å². The lowest BCUT2D eigenvalue weighted by molar-refractivity contribution is 0.617. The molecule has 0 saturated carbocycles. The Hall–Kier alpha value is -1.26. The lowest BCUT2D eigenvalue weighted by Crippen LogP contribution is -2.25. The number of hydrogen-bond acceptors (Lipinski definition) is 2. The zero-order chi connectivity index (χ0) is 13.0. The molecule has 2 rings (SSSR count). The van der Waals surface area contributed by atoms with Crippen molar-refractivity contribution in [2.45, 2.75) is 18.9 Å². The zero-order valence-corrected chi connectivity index (χ0v) is 11.4. The Balaban J connectivity index is 1.99. The van der Waals surface area contributed by atoms with Crippen LogP contribution in [0.1, 0.15) is 11.1 Å². The first-order valence-electron chi connectivity index (χ1n) is 5.73. The van der Waals surface area contributed by atoms with Gasteiger partial charge in [0.1, 0.15) is 5.82 Å². The average molecular weight is 309 g/mol. The summed E-state index contributed by atoms with van der Waals surface area (Å²) < 4.78 is 13.6.